The van der Waals surface area contributed by atoms with Crippen molar-refractivity contribution in [2.75, 3.05) is 25.5 Å². The number of benzene rings is 1. The van der Waals surface area contributed by atoms with Crippen LogP contribution in [-0.4, -0.2) is 41.4 Å². The van der Waals surface area contributed by atoms with Crippen molar-refractivity contribution in [3.8, 4) is 11.5 Å². The molecule has 1 heterocycles. The SMILES string of the molecule is COc1ccc(C(=O)N2CCCC(CCBr)C2)c(O)c1. The highest BCUT2D eigenvalue weighted by Gasteiger charge is 2.25. The number of methoxy groups -OCH3 is 1. The van der Waals surface area contributed by atoms with Gasteiger partial charge in [-0.1, -0.05) is 15.9 Å². The van der Waals surface area contributed by atoms with E-state index in [0.29, 0.717) is 17.2 Å². The maximum Gasteiger partial charge on any atom is 0.257 e. The molecule has 0 saturated carbocycles. The van der Waals surface area contributed by atoms with Gasteiger partial charge in [-0.05, 0) is 37.3 Å². The Morgan fingerprint density at radius 2 is 2.35 bits per heavy atom. The molecule has 5 heteroatoms. The molecule has 1 aromatic carbocycles. The Morgan fingerprint density at radius 3 is 3.00 bits per heavy atom. The number of ether oxygens (including phenoxy) is 1. The summed E-state index contributed by atoms with van der Waals surface area (Å²) < 4.78 is 5.03. The first kappa shape index (κ1) is 15.2. The van der Waals surface area contributed by atoms with Gasteiger partial charge in [0.2, 0.25) is 0 Å². The number of alkyl halides is 1. The Hall–Kier alpha value is -1.23. The number of carbonyl (C=O) groups is 1. The van der Waals surface area contributed by atoms with Crippen molar-refractivity contribution < 1.29 is 14.6 Å². The van der Waals surface area contributed by atoms with Gasteiger partial charge in [-0.15, -0.1) is 0 Å². The van der Waals surface area contributed by atoms with E-state index in [1.54, 1.807) is 12.1 Å². The van der Waals surface area contributed by atoms with Crippen LogP contribution in [0.25, 0.3) is 0 Å². The third-order valence-corrected chi connectivity index (χ3v) is 4.22. The number of halogens is 1. The average molecular weight is 342 g/mol. The summed E-state index contributed by atoms with van der Waals surface area (Å²) in [7, 11) is 1.53. The maximum atomic E-state index is 12.5. The number of hydrogen-bond donors (Lipinski definition) is 1. The number of hydrogen-bond acceptors (Lipinski definition) is 3. The number of phenolic OH excluding ortho intramolecular Hbond substituents is 1. The van der Waals surface area contributed by atoms with Crippen molar-refractivity contribution in [1.82, 2.24) is 4.90 Å². The Morgan fingerprint density at radius 1 is 1.55 bits per heavy atom. The third kappa shape index (κ3) is 3.45. The predicted octanol–water partition coefficient (Wildman–Crippen LogP) is 3.04. The summed E-state index contributed by atoms with van der Waals surface area (Å²) >= 11 is 3.46. The van der Waals surface area contributed by atoms with Crippen LogP contribution < -0.4 is 4.74 Å². The minimum absolute atomic E-state index is 0.0167. The minimum Gasteiger partial charge on any atom is -0.507 e. The second kappa shape index (κ2) is 6.97. The van der Waals surface area contributed by atoms with Gasteiger partial charge in [-0.3, -0.25) is 4.79 Å². The second-order valence-corrected chi connectivity index (χ2v) is 5.91. The number of nitrogens with zero attached hydrogens (tertiary/aromatic N) is 1. The zero-order valence-electron chi connectivity index (χ0n) is 11.6. The Kier molecular flexibility index (Phi) is 5.29. The molecule has 110 valence electrons. The van der Waals surface area contributed by atoms with Gasteiger partial charge in [-0.2, -0.15) is 0 Å². The van der Waals surface area contributed by atoms with Gasteiger partial charge >= 0.3 is 0 Å². The fraction of sp³-hybridized carbons (Fsp3) is 0.533. The summed E-state index contributed by atoms with van der Waals surface area (Å²) in [4.78, 5) is 14.3. The van der Waals surface area contributed by atoms with Crippen LogP contribution in [0, 0.1) is 5.92 Å². The second-order valence-electron chi connectivity index (χ2n) is 5.12. The molecule has 0 bridgehead atoms. The first-order chi connectivity index (χ1) is 9.65. The quantitative estimate of drug-likeness (QED) is 0.856. The lowest BCUT2D eigenvalue weighted by Gasteiger charge is -2.32. The molecule has 4 nitrogen and oxygen atoms in total. The summed E-state index contributed by atoms with van der Waals surface area (Å²) in [6.45, 7) is 1.54. The van der Waals surface area contributed by atoms with Crippen molar-refractivity contribution in [2.24, 2.45) is 5.92 Å². The van der Waals surface area contributed by atoms with Crippen LogP contribution in [0.4, 0.5) is 0 Å². The van der Waals surface area contributed by atoms with E-state index in [1.165, 1.54) is 19.6 Å². The molecule has 1 aliphatic heterocycles. The van der Waals surface area contributed by atoms with E-state index in [9.17, 15) is 9.90 Å². The van der Waals surface area contributed by atoms with E-state index < -0.39 is 0 Å². The smallest absolute Gasteiger partial charge is 0.257 e. The molecular formula is C15H20BrNO3. The van der Waals surface area contributed by atoms with Crippen molar-refractivity contribution in [2.45, 2.75) is 19.3 Å². The van der Waals surface area contributed by atoms with E-state index >= 15 is 0 Å². The van der Waals surface area contributed by atoms with Gasteiger partial charge in [-0.25, -0.2) is 0 Å². The standard InChI is InChI=1S/C15H20BrNO3/c1-20-12-4-5-13(14(18)9-12)15(19)17-8-2-3-11(10-17)6-7-16/h4-5,9,11,18H,2-3,6-8,10H2,1H3. The van der Waals surface area contributed by atoms with Crippen molar-refractivity contribution in [3.05, 3.63) is 23.8 Å². The molecule has 1 amide bonds. The fourth-order valence-electron chi connectivity index (χ4n) is 2.63. The van der Waals surface area contributed by atoms with Crippen LogP contribution in [0.1, 0.15) is 29.6 Å². The molecule has 1 aromatic rings. The first-order valence-electron chi connectivity index (χ1n) is 6.88. The van der Waals surface area contributed by atoms with Gasteiger partial charge < -0.3 is 14.7 Å². The molecule has 1 N–H and O–H groups in total. The number of aromatic hydroxyl groups is 1. The van der Waals surface area contributed by atoms with Crippen LogP contribution in [0.2, 0.25) is 0 Å². The highest BCUT2D eigenvalue weighted by atomic mass is 79.9. The van der Waals surface area contributed by atoms with Crippen molar-refractivity contribution in [3.63, 3.8) is 0 Å². The summed E-state index contributed by atoms with van der Waals surface area (Å²) in [6, 6.07) is 4.81. The van der Waals surface area contributed by atoms with Gasteiger partial charge in [0.05, 0.1) is 12.7 Å². The van der Waals surface area contributed by atoms with E-state index in [1.807, 2.05) is 4.90 Å². The van der Waals surface area contributed by atoms with E-state index in [4.69, 9.17) is 4.74 Å². The molecule has 1 atom stereocenters. The number of rotatable bonds is 4. The zero-order chi connectivity index (χ0) is 14.5. The van der Waals surface area contributed by atoms with Gasteiger partial charge in [0, 0.05) is 24.5 Å². The molecule has 1 unspecified atom stereocenters. The van der Waals surface area contributed by atoms with Gasteiger partial charge in [0.25, 0.3) is 5.91 Å². The highest BCUT2D eigenvalue weighted by Crippen LogP contribution is 2.27. The summed E-state index contributed by atoms with van der Waals surface area (Å²) in [5.41, 5.74) is 0.352. The molecule has 20 heavy (non-hydrogen) atoms. The van der Waals surface area contributed by atoms with Crippen LogP contribution in [-0.2, 0) is 0 Å². The van der Waals surface area contributed by atoms with Crippen LogP contribution in [0.3, 0.4) is 0 Å². The number of amides is 1. The third-order valence-electron chi connectivity index (χ3n) is 3.76. The zero-order valence-corrected chi connectivity index (χ0v) is 13.2. The Balaban J connectivity index is 2.10. The summed E-state index contributed by atoms with van der Waals surface area (Å²) in [6.07, 6.45) is 3.28. The molecule has 2 rings (SSSR count). The highest BCUT2D eigenvalue weighted by molar-refractivity contribution is 9.09. The van der Waals surface area contributed by atoms with Crippen molar-refractivity contribution >= 4 is 21.8 Å². The molecule has 1 saturated heterocycles. The van der Waals surface area contributed by atoms with Crippen LogP contribution in [0.15, 0.2) is 18.2 Å². The molecule has 0 spiro atoms. The summed E-state index contributed by atoms with van der Waals surface area (Å²) in [5, 5.41) is 10.9. The normalized spacial score (nSPS) is 18.9. The molecule has 1 fully saturated rings. The lowest BCUT2D eigenvalue weighted by Crippen LogP contribution is -2.40. The lowest BCUT2D eigenvalue weighted by atomic mass is 9.95. The van der Waals surface area contributed by atoms with E-state index in [-0.39, 0.29) is 11.7 Å². The topological polar surface area (TPSA) is 49.8 Å². The Labute approximate surface area is 127 Å². The van der Waals surface area contributed by atoms with Crippen LogP contribution >= 0.6 is 15.9 Å². The Bertz CT molecular complexity index is 476. The largest absolute Gasteiger partial charge is 0.507 e. The fourth-order valence-corrected chi connectivity index (χ4v) is 3.28. The van der Waals surface area contributed by atoms with Gasteiger partial charge in [0.1, 0.15) is 11.5 Å². The summed E-state index contributed by atoms with van der Waals surface area (Å²) in [5.74, 6) is 0.990. The van der Waals surface area contributed by atoms with E-state index in [0.717, 1.165) is 31.3 Å². The number of carbonyl (C=O) groups excluding carboxylic acids is 1. The molecule has 0 aliphatic carbocycles. The van der Waals surface area contributed by atoms with E-state index in [2.05, 4.69) is 15.9 Å². The molecule has 0 radical (unpaired) electrons. The molecule has 1 aliphatic rings. The van der Waals surface area contributed by atoms with Crippen molar-refractivity contribution in [1.29, 1.82) is 0 Å². The van der Waals surface area contributed by atoms with Gasteiger partial charge in [0.15, 0.2) is 0 Å². The molecule has 0 aromatic heterocycles. The number of phenols is 1. The number of piperidine rings is 1. The average Bonchev–Trinajstić information content (AvgIpc) is 2.47. The number of likely N-dealkylation sites (tertiary alicyclic amines) is 1. The van der Waals surface area contributed by atoms with Crippen LogP contribution in [0.5, 0.6) is 11.5 Å². The predicted molar refractivity (Wildman–Crippen MR) is 81.7 cm³/mol. The first-order valence-corrected chi connectivity index (χ1v) is 8.00. The maximum absolute atomic E-state index is 12.5. The molecular weight excluding hydrogens is 322 g/mol. The monoisotopic (exact) mass is 341 g/mol. The lowest BCUT2D eigenvalue weighted by molar-refractivity contribution is 0.0669. The minimum atomic E-state index is -0.0931.